The summed E-state index contributed by atoms with van der Waals surface area (Å²) in [7, 11) is 0. The van der Waals surface area contributed by atoms with Crippen LogP contribution in [0, 0.1) is 0 Å². The molecule has 3 nitrogen and oxygen atoms in total. The van der Waals surface area contributed by atoms with E-state index in [1.807, 2.05) is 60.7 Å². The van der Waals surface area contributed by atoms with Gasteiger partial charge in [-0.3, -0.25) is 0 Å². The van der Waals surface area contributed by atoms with Crippen molar-refractivity contribution in [1.29, 1.82) is 0 Å². The molecule has 2 aliphatic rings. The van der Waals surface area contributed by atoms with E-state index in [4.69, 9.17) is 9.47 Å². The Morgan fingerprint density at radius 3 is 1.84 bits per heavy atom. The first kappa shape index (κ1) is 16.8. The van der Waals surface area contributed by atoms with Gasteiger partial charge in [-0.2, -0.15) is 0 Å². The number of hydrogen-bond acceptors (Lipinski definition) is 3. The molecule has 0 spiro atoms. The van der Waals surface area contributed by atoms with E-state index in [1.54, 1.807) is 0 Å². The maximum atomic E-state index is 11.3. The highest BCUT2D eigenvalue weighted by molar-refractivity contribution is 5.28. The van der Waals surface area contributed by atoms with Gasteiger partial charge in [0.2, 0.25) is 5.79 Å². The van der Waals surface area contributed by atoms with E-state index in [0.29, 0.717) is 0 Å². The van der Waals surface area contributed by atoms with Gasteiger partial charge in [0.15, 0.2) is 0 Å². The molecule has 1 unspecified atom stereocenters. The number of rotatable bonds is 3. The molecule has 3 heteroatoms. The lowest BCUT2D eigenvalue weighted by Crippen LogP contribution is -2.36. The Balaban J connectivity index is 1.73. The Hall–Kier alpha value is -1.68. The van der Waals surface area contributed by atoms with Crippen molar-refractivity contribution in [3.8, 4) is 0 Å². The van der Waals surface area contributed by atoms with Gasteiger partial charge >= 0.3 is 0 Å². The van der Waals surface area contributed by atoms with Crippen molar-refractivity contribution >= 4 is 0 Å². The zero-order valence-electron chi connectivity index (χ0n) is 14.5. The number of ether oxygens (including phenoxy) is 2. The largest absolute Gasteiger partial charge is 0.382 e. The van der Waals surface area contributed by atoms with Crippen LogP contribution in [0.2, 0.25) is 0 Å². The fourth-order valence-corrected chi connectivity index (χ4v) is 4.11. The molecule has 4 rings (SSSR count). The van der Waals surface area contributed by atoms with E-state index in [0.717, 1.165) is 36.8 Å². The van der Waals surface area contributed by atoms with Crippen molar-refractivity contribution in [3.05, 3.63) is 71.8 Å². The van der Waals surface area contributed by atoms with Gasteiger partial charge in [0.1, 0.15) is 6.10 Å². The average Bonchev–Trinajstić information content (AvgIpc) is 3.01. The van der Waals surface area contributed by atoms with Crippen molar-refractivity contribution in [1.82, 2.24) is 0 Å². The molecule has 1 aliphatic carbocycles. The van der Waals surface area contributed by atoms with E-state index in [9.17, 15) is 5.11 Å². The third-order valence-electron chi connectivity index (χ3n) is 5.45. The van der Waals surface area contributed by atoms with Crippen LogP contribution in [0.25, 0.3) is 0 Å². The number of benzene rings is 2. The van der Waals surface area contributed by atoms with Crippen molar-refractivity contribution in [3.63, 3.8) is 0 Å². The first-order valence-electron chi connectivity index (χ1n) is 9.44. The monoisotopic (exact) mass is 338 g/mol. The summed E-state index contributed by atoms with van der Waals surface area (Å²) >= 11 is 0. The van der Waals surface area contributed by atoms with E-state index in [1.165, 1.54) is 12.8 Å². The van der Waals surface area contributed by atoms with E-state index >= 15 is 0 Å². The molecule has 25 heavy (non-hydrogen) atoms. The zero-order valence-corrected chi connectivity index (χ0v) is 14.5. The Kier molecular flexibility index (Phi) is 4.89. The summed E-state index contributed by atoms with van der Waals surface area (Å²) in [4.78, 5) is 0. The molecule has 1 N–H and O–H groups in total. The second kappa shape index (κ2) is 7.28. The summed E-state index contributed by atoms with van der Waals surface area (Å²) in [5, 5.41) is 11.3. The lowest BCUT2D eigenvalue weighted by molar-refractivity contribution is -0.247. The van der Waals surface area contributed by atoms with Gasteiger partial charge in [0.05, 0.1) is 12.2 Å². The fraction of sp³-hybridized carbons (Fsp3) is 0.455. The molecule has 2 aromatic rings. The van der Waals surface area contributed by atoms with Gasteiger partial charge in [-0.15, -0.1) is 0 Å². The summed E-state index contributed by atoms with van der Waals surface area (Å²) in [6, 6.07) is 19.6. The van der Waals surface area contributed by atoms with Crippen molar-refractivity contribution in [2.75, 3.05) is 0 Å². The van der Waals surface area contributed by atoms with Crippen molar-refractivity contribution in [2.45, 2.75) is 62.6 Å². The minimum Gasteiger partial charge on any atom is -0.382 e. The van der Waals surface area contributed by atoms with Crippen LogP contribution < -0.4 is 0 Å². The molecule has 0 bridgehead atoms. The smallest absolute Gasteiger partial charge is 0.226 e. The molecule has 1 heterocycles. The molecule has 0 radical (unpaired) electrons. The SMILES string of the molecule is OC(c1ccccc1)C1(c2ccccc2)O[C@@H]2CCCCCC[C@H]2O1. The van der Waals surface area contributed by atoms with Crippen LogP contribution in [0.1, 0.15) is 55.8 Å². The molecule has 1 saturated carbocycles. The fourth-order valence-electron chi connectivity index (χ4n) is 4.11. The molecule has 1 aliphatic heterocycles. The minimum absolute atomic E-state index is 0.0545. The predicted octanol–water partition coefficient (Wildman–Crippen LogP) is 4.71. The normalized spacial score (nSPS) is 27.1. The van der Waals surface area contributed by atoms with Crippen LogP contribution in [-0.2, 0) is 15.3 Å². The highest BCUT2D eigenvalue weighted by atomic mass is 16.8. The molecule has 132 valence electrons. The highest BCUT2D eigenvalue weighted by Crippen LogP contribution is 2.48. The summed E-state index contributed by atoms with van der Waals surface area (Å²) in [6.07, 6.45) is 6.09. The molecule has 2 fully saturated rings. The summed E-state index contributed by atoms with van der Waals surface area (Å²) in [5.41, 5.74) is 1.71. The van der Waals surface area contributed by atoms with Crippen LogP contribution >= 0.6 is 0 Å². The minimum atomic E-state index is -1.12. The maximum absolute atomic E-state index is 11.3. The summed E-state index contributed by atoms with van der Waals surface area (Å²) in [5.74, 6) is -1.12. The quantitative estimate of drug-likeness (QED) is 0.881. The zero-order chi connectivity index (χ0) is 17.1. The number of aliphatic hydroxyl groups is 1. The van der Waals surface area contributed by atoms with Crippen molar-refractivity contribution in [2.24, 2.45) is 0 Å². The molecule has 3 atom stereocenters. The summed E-state index contributed by atoms with van der Waals surface area (Å²) < 4.78 is 13.0. The van der Waals surface area contributed by atoms with Gasteiger partial charge in [0, 0.05) is 5.56 Å². The lowest BCUT2D eigenvalue weighted by Gasteiger charge is -2.34. The first-order chi connectivity index (χ1) is 12.3. The van der Waals surface area contributed by atoms with Crippen LogP contribution in [0.4, 0.5) is 0 Å². The number of aliphatic hydroxyl groups excluding tert-OH is 1. The molecule has 2 aromatic carbocycles. The van der Waals surface area contributed by atoms with Gasteiger partial charge in [-0.1, -0.05) is 86.3 Å². The van der Waals surface area contributed by atoms with E-state index in [-0.39, 0.29) is 12.2 Å². The second-order valence-electron chi connectivity index (χ2n) is 7.15. The number of hydrogen-bond donors (Lipinski definition) is 1. The van der Waals surface area contributed by atoms with Crippen LogP contribution in [0.3, 0.4) is 0 Å². The Morgan fingerprint density at radius 1 is 0.760 bits per heavy atom. The highest BCUT2D eigenvalue weighted by Gasteiger charge is 2.53. The van der Waals surface area contributed by atoms with Crippen molar-refractivity contribution < 1.29 is 14.6 Å². The third kappa shape index (κ3) is 3.24. The van der Waals surface area contributed by atoms with Gasteiger partial charge in [-0.25, -0.2) is 0 Å². The molecular formula is C22H26O3. The molecule has 1 saturated heterocycles. The molecule has 0 aromatic heterocycles. The predicted molar refractivity (Wildman–Crippen MR) is 97.0 cm³/mol. The van der Waals surface area contributed by atoms with E-state index in [2.05, 4.69) is 0 Å². The van der Waals surface area contributed by atoms with Crippen LogP contribution in [0.15, 0.2) is 60.7 Å². The lowest BCUT2D eigenvalue weighted by atomic mass is 9.94. The first-order valence-corrected chi connectivity index (χ1v) is 9.44. The maximum Gasteiger partial charge on any atom is 0.226 e. The number of fused-ring (bicyclic) bond motifs is 1. The van der Waals surface area contributed by atoms with Gasteiger partial charge in [-0.05, 0) is 18.4 Å². The Labute approximate surface area is 149 Å². The Morgan fingerprint density at radius 2 is 1.28 bits per heavy atom. The third-order valence-corrected chi connectivity index (χ3v) is 5.45. The average molecular weight is 338 g/mol. The second-order valence-corrected chi connectivity index (χ2v) is 7.15. The summed E-state index contributed by atoms with van der Waals surface area (Å²) in [6.45, 7) is 0. The topological polar surface area (TPSA) is 38.7 Å². The van der Waals surface area contributed by atoms with E-state index < -0.39 is 11.9 Å². The Bertz CT molecular complexity index is 654. The van der Waals surface area contributed by atoms with Crippen LogP contribution in [0.5, 0.6) is 0 Å². The molecule has 0 amide bonds. The van der Waals surface area contributed by atoms with Gasteiger partial charge < -0.3 is 14.6 Å². The van der Waals surface area contributed by atoms with Crippen LogP contribution in [-0.4, -0.2) is 17.3 Å². The standard InChI is InChI=1S/C22H26O3/c23-21(17-11-5-3-6-12-17)22(18-13-7-4-8-14-18)24-19-15-9-1-2-10-16-20(19)25-22/h3-8,11-14,19-21,23H,1-2,9-10,15-16H2/t19-,20-,21?/m1/s1. The van der Waals surface area contributed by atoms with Gasteiger partial charge in [0.25, 0.3) is 0 Å². The molecular weight excluding hydrogens is 312 g/mol.